The molecule has 1 aliphatic rings. The summed E-state index contributed by atoms with van der Waals surface area (Å²) in [4.78, 5) is 11.4. The molecule has 0 saturated heterocycles. The molecule has 1 atom stereocenters. The van der Waals surface area contributed by atoms with Crippen molar-refractivity contribution >= 4 is 5.78 Å². The van der Waals surface area contributed by atoms with Crippen molar-refractivity contribution in [3.8, 4) is 0 Å². The van der Waals surface area contributed by atoms with Gasteiger partial charge in [0.05, 0.1) is 0 Å². The van der Waals surface area contributed by atoms with Crippen LogP contribution in [0.5, 0.6) is 0 Å². The van der Waals surface area contributed by atoms with E-state index in [0.717, 1.165) is 25.2 Å². The van der Waals surface area contributed by atoms with E-state index >= 15 is 0 Å². The molecule has 2 rings (SSSR count). The quantitative estimate of drug-likeness (QED) is 0.754. The second-order valence-corrected chi connectivity index (χ2v) is 5.25. The van der Waals surface area contributed by atoms with Crippen LogP contribution >= 0.6 is 0 Å². The SMILES string of the molecule is O=C1/C=C\CCC(Cc2ccccc2)CCCC1. The van der Waals surface area contributed by atoms with Crippen molar-refractivity contribution < 1.29 is 4.79 Å². The third-order valence-corrected chi connectivity index (χ3v) is 3.70. The predicted octanol–water partition coefficient (Wildman–Crippen LogP) is 4.32. The zero-order valence-electron chi connectivity index (χ0n) is 11.0. The van der Waals surface area contributed by atoms with Crippen LogP contribution in [0, 0.1) is 5.92 Å². The van der Waals surface area contributed by atoms with Crippen LogP contribution in [0.25, 0.3) is 0 Å². The molecule has 1 heteroatoms. The molecule has 0 bridgehead atoms. The summed E-state index contributed by atoms with van der Waals surface area (Å²) in [5, 5.41) is 0. The molecule has 0 fully saturated rings. The van der Waals surface area contributed by atoms with Crippen LogP contribution < -0.4 is 0 Å². The van der Waals surface area contributed by atoms with Crippen LogP contribution in [0.3, 0.4) is 0 Å². The lowest BCUT2D eigenvalue weighted by Crippen LogP contribution is -2.06. The molecule has 0 aromatic heterocycles. The highest BCUT2D eigenvalue weighted by Crippen LogP contribution is 2.22. The average molecular weight is 242 g/mol. The Morgan fingerprint density at radius 1 is 1.06 bits per heavy atom. The van der Waals surface area contributed by atoms with Crippen molar-refractivity contribution in [2.75, 3.05) is 0 Å². The second kappa shape index (κ2) is 7.15. The first-order valence-corrected chi connectivity index (χ1v) is 7.08. The van der Waals surface area contributed by atoms with Gasteiger partial charge >= 0.3 is 0 Å². The van der Waals surface area contributed by atoms with Crippen LogP contribution in [0.2, 0.25) is 0 Å². The molecular weight excluding hydrogens is 220 g/mol. The normalized spacial score (nSPS) is 23.6. The van der Waals surface area contributed by atoms with E-state index in [0.29, 0.717) is 5.78 Å². The Morgan fingerprint density at radius 2 is 1.89 bits per heavy atom. The first kappa shape index (κ1) is 13.1. The van der Waals surface area contributed by atoms with Crippen molar-refractivity contribution in [1.82, 2.24) is 0 Å². The Balaban J connectivity index is 1.91. The molecule has 0 saturated carbocycles. The van der Waals surface area contributed by atoms with Gasteiger partial charge in [0, 0.05) is 6.42 Å². The minimum absolute atomic E-state index is 0.302. The average Bonchev–Trinajstić information content (AvgIpc) is 2.40. The van der Waals surface area contributed by atoms with Gasteiger partial charge in [0.25, 0.3) is 0 Å². The summed E-state index contributed by atoms with van der Waals surface area (Å²) < 4.78 is 0. The van der Waals surface area contributed by atoms with E-state index in [2.05, 4.69) is 36.4 Å². The molecule has 1 nitrogen and oxygen atoms in total. The number of benzene rings is 1. The largest absolute Gasteiger partial charge is 0.295 e. The number of ketones is 1. The van der Waals surface area contributed by atoms with Crippen molar-refractivity contribution in [3.63, 3.8) is 0 Å². The Kier molecular flexibility index (Phi) is 5.19. The zero-order valence-corrected chi connectivity index (χ0v) is 11.0. The molecule has 0 amide bonds. The standard InChI is InChI=1S/C17H22O/c18-17-12-6-4-10-16(11-5-7-13-17)14-15-8-2-1-3-9-15/h1-3,6,8-9,12,16H,4-5,7,10-11,13-14H2/b12-6-. The van der Waals surface area contributed by atoms with Crippen LogP contribution in [-0.2, 0) is 11.2 Å². The van der Waals surface area contributed by atoms with E-state index in [9.17, 15) is 4.79 Å². The maximum absolute atomic E-state index is 11.4. The highest BCUT2D eigenvalue weighted by atomic mass is 16.1. The third kappa shape index (κ3) is 4.48. The fourth-order valence-electron chi connectivity index (χ4n) is 2.66. The molecule has 18 heavy (non-hydrogen) atoms. The monoisotopic (exact) mass is 242 g/mol. The highest BCUT2D eigenvalue weighted by molar-refractivity contribution is 5.89. The van der Waals surface area contributed by atoms with Gasteiger partial charge in [-0.05, 0) is 43.2 Å². The van der Waals surface area contributed by atoms with Crippen molar-refractivity contribution in [3.05, 3.63) is 48.0 Å². The van der Waals surface area contributed by atoms with Crippen molar-refractivity contribution in [1.29, 1.82) is 0 Å². The van der Waals surface area contributed by atoms with Gasteiger partial charge in [0.1, 0.15) is 0 Å². The number of hydrogen-bond donors (Lipinski definition) is 0. The van der Waals surface area contributed by atoms with Crippen LogP contribution in [0.1, 0.15) is 44.1 Å². The van der Waals surface area contributed by atoms with Crippen LogP contribution in [0.15, 0.2) is 42.5 Å². The first-order chi connectivity index (χ1) is 8.84. The number of hydrogen-bond acceptors (Lipinski definition) is 1. The Labute approximate surface area is 110 Å². The molecule has 1 aromatic rings. The molecule has 1 aliphatic carbocycles. The van der Waals surface area contributed by atoms with Gasteiger partial charge in [-0.3, -0.25) is 4.79 Å². The molecule has 0 spiro atoms. The number of carbonyl (C=O) groups is 1. The minimum atomic E-state index is 0.302. The predicted molar refractivity (Wildman–Crippen MR) is 75.5 cm³/mol. The van der Waals surface area contributed by atoms with E-state index in [1.807, 2.05) is 0 Å². The van der Waals surface area contributed by atoms with Gasteiger partial charge in [0.2, 0.25) is 0 Å². The molecule has 1 aromatic carbocycles. The summed E-state index contributed by atoms with van der Waals surface area (Å²) in [6, 6.07) is 10.8. The van der Waals surface area contributed by atoms with Gasteiger partial charge in [-0.2, -0.15) is 0 Å². The van der Waals surface area contributed by atoms with Crippen molar-refractivity contribution in [2.45, 2.75) is 44.9 Å². The Bertz CT molecular complexity index is 391. The molecular formula is C17H22O. The molecule has 96 valence electrons. The molecule has 0 radical (unpaired) electrons. The lowest BCUT2D eigenvalue weighted by Gasteiger charge is -2.17. The van der Waals surface area contributed by atoms with Gasteiger partial charge in [-0.1, -0.05) is 49.2 Å². The van der Waals surface area contributed by atoms with Gasteiger partial charge in [-0.25, -0.2) is 0 Å². The topological polar surface area (TPSA) is 17.1 Å². The molecule has 0 heterocycles. The van der Waals surface area contributed by atoms with E-state index < -0.39 is 0 Å². The van der Waals surface area contributed by atoms with Gasteiger partial charge < -0.3 is 0 Å². The Hall–Kier alpha value is -1.37. The van der Waals surface area contributed by atoms with Crippen LogP contribution in [0.4, 0.5) is 0 Å². The summed E-state index contributed by atoms with van der Waals surface area (Å²) in [7, 11) is 0. The third-order valence-electron chi connectivity index (χ3n) is 3.70. The fourth-order valence-corrected chi connectivity index (χ4v) is 2.66. The zero-order chi connectivity index (χ0) is 12.6. The number of allylic oxidation sites excluding steroid dienone is 2. The maximum atomic E-state index is 11.4. The number of carbonyl (C=O) groups excluding carboxylic acids is 1. The first-order valence-electron chi connectivity index (χ1n) is 7.08. The molecule has 0 N–H and O–H groups in total. The van der Waals surface area contributed by atoms with E-state index in [1.54, 1.807) is 6.08 Å². The molecule has 1 unspecified atom stereocenters. The van der Waals surface area contributed by atoms with E-state index in [4.69, 9.17) is 0 Å². The summed E-state index contributed by atoms with van der Waals surface area (Å²) in [5.74, 6) is 1.07. The van der Waals surface area contributed by atoms with E-state index in [-0.39, 0.29) is 0 Å². The van der Waals surface area contributed by atoms with Crippen LogP contribution in [-0.4, -0.2) is 5.78 Å². The van der Waals surface area contributed by atoms with Gasteiger partial charge in [0.15, 0.2) is 5.78 Å². The highest BCUT2D eigenvalue weighted by Gasteiger charge is 2.10. The minimum Gasteiger partial charge on any atom is -0.295 e. The fraction of sp³-hybridized carbons (Fsp3) is 0.471. The van der Waals surface area contributed by atoms with E-state index in [1.165, 1.54) is 31.2 Å². The van der Waals surface area contributed by atoms with Gasteiger partial charge in [-0.15, -0.1) is 0 Å². The van der Waals surface area contributed by atoms with Crippen molar-refractivity contribution in [2.24, 2.45) is 5.92 Å². The Morgan fingerprint density at radius 3 is 2.72 bits per heavy atom. The number of rotatable bonds is 2. The molecule has 0 aliphatic heterocycles. The summed E-state index contributed by atoms with van der Waals surface area (Å²) >= 11 is 0. The lowest BCUT2D eigenvalue weighted by atomic mass is 9.89. The summed E-state index contributed by atoms with van der Waals surface area (Å²) in [6.45, 7) is 0. The second-order valence-electron chi connectivity index (χ2n) is 5.25. The smallest absolute Gasteiger partial charge is 0.155 e. The summed E-state index contributed by atoms with van der Waals surface area (Å²) in [6.07, 6.45) is 11.5. The summed E-state index contributed by atoms with van der Waals surface area (Å²) in [5.41, 5.74) is 1.44. The lowest BCUT2D eigenvalue weighted by molar-refractivity contribution is -0.114. The maximum Gasteiger partial charge on any atom is 0.155 e.